The third-order valence-electron chi connectivity index (χ3n) is 3.54. The molecule has 0 atom stereocenters. The Morgan fingerprint density at radius 1 is 0.871 bits per heavy atom. The topological polar surface area (TPSA) is 125 Å². The first kappa shape index (κ1) is 22.2. The summed E-state index contributed by atoms with van der Waals surface area (Å²) < 4.78 is 13.4. The van der Waals surface area contributed by atoms with E-state index in [4.69, 9.17) is 0 Å². The monoisotopic (exact) mass is 460 g/mol. The zero-order chi connectivity index (χ0) is 22.2. The van der Waals surface area contributed by atoms with Crippen LogP contribution in [0.15, 0.2) is 52.9 Å². The second-order valence-corrected chi connectivity index (χ2v) is 8.25. The molecule has 4 amide bonds. The van der Waals surface area contributed by atoms with Crippen LogP contribution in [0.2, 0.25) is 0 Å². The minimum atomic E-state index is -0.542. The third kappa shape index (κ3) is 7.35. The Hall–Kier alpha value is -3.51. The molecule has 0 aliphatic heterocycles. The molecule has 0 aliphatic carbocycles. The molecule has 0 bridgehead atoms. The standard InChI is InChI=1S/C19H17FN6O3S2/c1-11(27)21-13-6-8-14(9-7-13)22-16(28)10-30-19-26-25-18(31-19)24-17(29)23-15-4-2-12(20)3-5-15/h2-9H,10H2,1H3,(H,21,27)(H,22,28)(H2,23,24,25,29). The van der Waals surface area contributed by atoms with E-state index >= 15 is 0 Å². The number of anilines is 4. The number of nitrogens with zero attached hydrogens (tertiary/aromatic N) is 2. The Kier molecular flexibility index (Phi) is 7.51. The maximum Gasteiger partial charge on any atom is 0.325 e. The van der Waals surface area contributed by atoms with E-state index < -0.39 is 11.8 Å². The van der Waals surface area contributed by atoms with E-state index in [0.717, 1.165) is 11.3 Å². The average Bonchev–Trinajstić information content (AvgIpc) is 3.16. The first-order valence-corrected chi connectivity index (χ1v) is 10.6. The minimum absolute atomic E-state index is 0.101. The first-order valence-electron chi connectivity index (χ1n) is 8.85. The largest absolute Gasteiger partial charge is 0.326 e. The maximum absolute atomic E-state index is 12.9. The van der Waals surface area contributed by atoms with E-state index in [1.807, 2.05) is 0 Å². The molecule has 0 saturated heterocycles. The van der Waals surface area contributed by atoms with Gasteiger partial charge < -0.3 is 16.0 Å². The molecule has 0 spiro atoms. The number of benzene rings is 2. The van der Waals surface area contributed by atoms with E-state index in [2.05, 4.69) is 31.5 Å². The van der Waals surface area contributed by atoms with Crippen molar-refractivity contribution in [3.63, 3.8) is 0 Å². The number of aromatic nitrogens is 2. The van der Waals surface area contributed by atoms with Gasteiger partial charge in [-0.1, -0.05) is 23.1 Å². The highest BCUT2D eigenvalue weighted by atomic mass is 32.2. The number of halogens is 1. The van der Waals surface area contributed by atoms with Crippen molar-refractivity contribution in [3.05, 3.63) is 54.3 Å². The van der Waals surface area contributed by atoms with Gasteiger partial charge in [-0.15, -0.1) is 10.2 Å². The van der Waals surface area contributed by atoms with Crippen LogP contribution in [0.5, 0.6) is 0 Å². The quantitative estimate of drug-likeness (QED) is 0.312. The summed E-state index contributed by atoms with van der Waals surface area (Å²) in [5, 5.41) is 18.5. The number of hydrogen-bond donors (Lipinski definition) is 4. The molecular formula is C19H17FN6O3S2. The van der Waals surface area contributed by atoms with Crippen molar-refractivity contribution < 1.29 is 18.8 Å². The molecule has 0 unspecified atom stereocenters. The van der Waals surface area contributed by atoms with Gasteiger partial charge in [-0.25, -0.2) is 9.18 Å². The van der Waals surface area contributed by atoms with Crippen molar-refractivity contribution in [2.75, 3.05) is 27.0 Å². The van der Waals surface area contributed by atoms with E-state index in [9.17, 15) is 18.8 Å². The molecule has 3 rings (SSSR count). The van der Waals surface area contributed by atoms with Crippen LogP contribution >= 0.6 is 23.1 Å². The smallest absolute Gasteiger partial charge is 0.325 e. The number of amides is 4. The van der Waals surface area contributed by atoms with Gasteiger partial charge in [-0.05, 0) is 48.5 Å². The van der Waals surface area contributed by atoms with Gasteiger partial charge in [0.05, 0.1) is 5.75 Å². The molecule has 160 valence electrons. The van der Waals surface area contributed by atoms with Gasteiger partial charge in [-0.3, -0.25) is 14.9 Å². The third-order valence-corrected chi connectivity index (χ3v) is 5.52. The summed E-state index contributed by atoms with van der Waals surface area (Å²) in [7, 11) is 0. The van der Waals surface area contributed by atoms with E-state index in [0.29, 0.717) is 21.4 Å². The molecule has 0 saturated carbocycles. The summed E-state index contributed by atoms with van der Waals surface area (Å²) in [4.78, 5) is 35.1. The lowest BCUT2D eigenvalue weighted by atomic mass is 10.3. The molecular weight excluding hydrogens is 443 g/mol. The molecule has 3 aromatic rings. The molecule has 0 aliphatic rings. The number of carbonyl (C=O) groups excluding carboxylic acids is 3. The Bertz CT molecular complexity index is 1070. The summed E-state index contributed by atoms with van der Waals surface area (Å²) in [6, 6.07) is 11.5. The van der Waals surface area contributed by atoms with Crippen LogP contribution in [-0.2, 0) is 9.59 Å². The second kappa shape index (κ2) is 10.5. The summed E-state index contributed by atoms with van der Waals surface area (Å²) in [5.41, 5.74) is 1.66. The highest BCUT2D eigenvalue weighted by Crippen LogP contribution is 2.26. The number of thioether (sulfide) groups is 1. The fourth-order valence-electron chi connectivity index (χ4n) is 2.28. The Morgan fingerprint density at radius 3 is 2.10 bits per heavy atom. The number of urea groups is 1. The zero-order valence-electron chi connectivity index (χ0n) is 16.1. The normalized spacial score (nSPS) is 10.3. The van der Waals surface area contributed by atoms with Gasteiger partial charge in [-0.2, -0.15) is 0 Å². The molecule has 12 heteroatoms. The Morgan fingerprint density at radius 2 is 1.45 bits per heavy atom. The molecule has 0 radical (unpaired) electrons. The second-order valence-electron chi connectivity index (χ2n) is 6.05. The van der Waals surface area contributed by atoms with Crippen molar-refractivity contribution in [2.24, 2.45) is 0 Å². The van der Waals surface area contributed by atoms with Crippen molar-refractivity contribution >= 4 is 63.1 Å². The SMILES string of the molecule is CC(=O)Nc1ccc(NC(=O)CSc2nnc(NC(=O)Nc3ccc(F)cc3)s2)cc1. The highest BCUT2D eigenvalue weighted by Gasteiger charge is 2.11. The van der Waals surface area contributed by atoms with Gasteiger partial charge in [0.15, 0.2) is 4.34 Å². The fourth-order valence-corrected chi connectivity index (χ4v) is 3.82. The number of nitrogens with one attached hydrogen (secondary N) is 4. The van der Waals surface area contributed by atoms with Gasteiger partial charge in [0, 0.05) is 24.0 Å². The van der Waals surface area contributed by atoms with Crippen LogP contribution in [0.1, 0.15) is 6.92 Å². The summed E-state index contributed by atoms with van der Waals surface area (Å²) in [6.07, 6.45) is 0. The van der Waals surface area contributed by atoms with E-state index in [1.54, 1.807) is 24.3 Å². The number of rotatable bonds is 7. The fraction of sp³-hybridized carbons (Fsp3) is 0.105. The molecule has 4 N–H and O–H groups in total. The van der Waals surface area contributed by atoms with Crippen LogP contribution < -0.4 is 21.3 Å². The van der Waals surface area contributed by atoms with Gasteiger partial charge in [0.1, 0.15) is 5.82 Å². The van der Waals surface area contributed by atoms with Gasteiger partial charge in [0.2, 0.25) is 16.9 Å². The molecule has 1 aromatic heterocycles. The van der Waals surface area contributed by atoms with Crippen LogP contribution in [0.4, 0.5) is 31.4 Å². The number of hydrogen-bond acceptors (Lipinski definition) is 7. The lowest BCUT2D eigenvalue weighted by molar-refractivity contribution is -0.114. The predicted molar refractivity (Wildman–Crippen MR) is 119 cm³/mol. The number of carbonyl (C=O) groups is 3. The lowest BCUT2D eigenvalue weighted by Gasteiger charge is -2.06. The van der Waals surface area contributed by atoms with Crippen LogP contribution in [0.3, 0.4) is 0 Å². The maximum atomic E-state index is 12.9. The van der Waals surface area contributed by atoms with Crippen molar-refractivity contribution in [1.29, 1.82) is 0 Å². The van der Waals surface area contributed by atoms with Crippen molar-refractivity contribution in [3.8, 4) is 0 Å². The average molecular weight is 461 g/mol. The van der Waals surface area contributed by atoms with Crippen molar-refractivity contribution in [2.45, 2.75) is 11.3 Å². The van der Waals surface area contributed by atoms with Crippen LogP contribution in [0.25, 0.3) is 0 Å². The first-order chi connectivity index (χ1) is 14.9. The highest BCUT2D eigenvalue weighted by molar-refractivity contribution is 8.01. The summed E-state index contributed by atoms with van der Waals surface area (Å²) >= 11 is 2.29. The molecule has 9 nitrogen and oxygen atoms in total. The molecule has 31 heavy (non-hydrogen) atoms. The molecule has 0 fully saturated rings. The van der Waals surface area contributed by atoms with E-state index in [-0.39, 0.29) is 22.7 Å². The van der Waals surface area contributed by atoms with Gasteiger partial charge in [0.25, 0.3) is 0 Å². The summed E-state index contributed by atoms with van der Waals surface area (Å²) in [6.45, 7) is 1.42. The minimum Gasteiger partial charge on any atom is -0.326 e. The zero-order valence-corrected chi connectivity index (χ0v) is 17.8. The van der Waals surface area contributed by atoms with Gasteiger partial charge >= 0.3 is 6.03 Å². The summed E-state index contributed by atoms with van der Waals surface area (Å²) in [5.74, 6) is -0.713. The molecule has 2 aromatic carbocycles. The van der Waals surface area contributed by atoms with Crippen LogP contribution in [-0.4, -0.2) is 33.8 Å². The predicted octanol–water partition coefficient (Wildman–Crippen LogP) is 4.01. The Balaban J connectivity index is 1.44. The molecule has 1 heterocycles. The Labute approximate surface area is 184 Å². The van der Waals surface area contributed by atoms with Crippen molar-refractivity contribution in [1.82, 2.24) is 10.2 Å². The van der Waals surface area contributed by atoms with E-state index in [1.165, 1.54) is 43.0 Å². The van der Waals surface area contributed by atoms with Crippen LogP contribution in [0, 0.1) is 5.82 Å². The lowest BCUT2D eigenvalue weighted by Crippen LogP contribution is -2.19.